The first-order valence-corrected chi connectivity index (χ1v) is 10.8. The molecule has 0 amide bonds. The van der Waals surface area contributed by atoms with Crippen LogP contribution in [0.1, 0.15) is 23.1 Å². The van der Waals surface area contributed by atoms with Crippen molar-refractivity contribution in [2.24, 2.45) is 7.05 Å². The van der Waals surface area contributed by atoms with Gasteiger partial charge in [0, 0.05) is 49.8 Å². The average Bonchev–Trinajstić information content (AvgIpc) is 3.31. The third-order valence-corrected chi connectivity index (χ3v) is 7.00. The van der Waals surface area contributed by atoms with Crippen molar-refractivity contribution >= 4 is 33.1 Å². The van der Waals surface area contributed by atoms with Crippen LogP contribution < -0.4 is 0 Å². The van der Waals surface area contributed by atoms with E-state index in [0.717, 1.165) is 31.8 Å². The summed E-state index contributed by atoms with van der Waals surface area (Å²) in [7, 11) is 3.81. The van der Waals surface area contributed by atoms with E-state index in [-0.39, 0.29) is 0 Å². The summed E-state index contributed by atoms with van der Waals surface area (Å²) in [6.07, 6.45) is 3.46. The second kappa shape index (κ2) is 7.39. The molecule has 4 nitrogen and oxygen atoms in total. The fourth-order valence-electron chi connectivity index (χ4n) is 4.19. The zero-order valence-electron chi connectivity index (χ0n) is 16.4. The molecule has 3 aromatic rings. The third-order valence-electron chi connectivity index (χ3n) is 5.82. The van der Waals surface area contributed by atoms with Gasteiger partial charge in [0.15, 0.2) is 0 Å². The summed E-state index contributed by atoms with van der Waals surface area (Å²) < 4.78 is 7.36. The molecule has 0 atom stereocenters. The van der Waals surface area contributed by atoms with Crippen molar-refractivity contribution in [2.45, 2.75) is 19.1 Å². The molecule has 1 saturated heterocycles. The zero-order valence-corrected chi connectivity index (χ0v) is 17.2. The lowest BCUT2D eigenvalue weighted by molar-refractivity contribution is -0.0333. The Labute approximate surface area is 170 Å². The first kappa shape index (κ1) is 18.0. The SMILES string of the molecule is COC1CN(Cc2cccc(C3=C(c4ccc5cnn(C)c5c4)CCS3)c2)C1. The Hall–Kier alpha value is -2.08. The van der Waals surface area contributed by atoms with Gasteiger partial charge in [0.05, 0.1) is 17.8 Å². The lowest BCUT2D eigenvalue weighted by Gasteiger charge is -2.38. The molecule has 3 heterocycles. The van der Waals surface area contributed by atoms with E-state index < -0.39 is 0 Å². The van der Waals surface area contributed by atoms with E-state index in [4.69, 9.17) is 4.74 Å². The quantitative estimate of drug-likeness (QED) is 0.645. The second-order valence-corrected chi connectivity index (χ2v) is 8.81. The van der Waals surface area contributed by atoms with Crippen LogP contribution >= 0.6 is 11.8 Å². The van der Waals surface area contributed by atoms with Gasteiger partial charge in [-0.2, -0.15) is 5.10 Å². The van der Waals surface area contributed by atoms with E-state index in [1.165, 1.54) is 38.1 Å². The molecule has 2 aliphatic heterocycles. The Morgan fingerprint density at radius 3 is 2.89 bits per heavy atom. The highest BCUT2D eigenvalue weighted by Gasteiger charge is 2.26. The van der Waals surface area contributed by atoms with Gasteiger partial charge in [-0.25, -0.2) is 0 Å². The number of rotatable bonds is 5. The number of thioether (sulfide) groups is 1. The van der Waals surface area contributed by atoms with Crippen LogP contribution in [-0.4, -0.2) is 46.7 Å². The van der Waals surface area contributed by atoms with E-state index in [9.17, 15) is 0 Å². The first-order valence-electron chi connectivity index (χ1n) is 9.84. The normalized spacial score (nSPS) is 18.2. The van der Waals surface area contributed by atoms with Crippen LogP contribution in [0, 0.1) is 0 Å². The van der Waals surface area contributed by atoms with Crippen LogP contribution in [0.3, 0.4) is 0 Å². The molecule has 0 unspecified atom stereocenters. The minimum absolute atomic E-state index is 0.407. The van der Waals surface area contributed by atoms with Gasteiger partial charge >= 0.3 is 0 Å². The van der Waals surface area contributed by atoms with Crippen LogP contribution in [0.5, 0.6) is 0 Å². The summed E-state index contributed by atoms with van der Waals surface area (Å²) in [4.78, 5) is 3.88. The number of ether oxygens (including phenoxy) is 1. The number of fused-ring (bicyclic) bond motifs is 1. The van der Waals surface area contributed by atoms with Crippen LogP contribution in [-0.2, 0) is 18.3 Å². The van der Waals surface area contributed by atoms with Crippen LogP contribution in [0.2, 0.25) is 0 Å². The summed E-state index contributed by atoms with van der Waals surface area (Å²) in [5.74, 6) is 1.15. The Kier molecular flexibility index (Phi) is 4.75. The topological polar surface area (TPSA) is 30.3 Å². The van der Waals surface area contributed by atoms with Crippen molar-refractivity contribution in [3.8, 4) is 0 Å². The Bertz CT molecular complexity index is 1050. The highest BCUT2D eigenvalue weighted by atomic mass is 32.2. The second-order valence-electron chi connectivity index (χ2n) is 7.70. The van der Waals surface area contributed by atoms with Crippen molar-refractivity contribution in [1.29, 1.82) is 0 Å². The summed E-state index contributed by atoms with van der Waals surface area (Å²) in [6, 6.07) is 15.8. The van der Waals surface area contributed by atoms with Gasteiger partial charge in [0.25, 0.3) is 0 Å². The van der Waals surface area contributed by atoms with Crippen molar-refractivity contribution in [2.75, 3.05) is 26.0 Å². The number of aryl methyl sites for hydroxylation is 1. The predicted molar refractivity (Wildman–Crippen MR) is 117 cm³/mol. The molecule has 0 spiro atoms. The standard InChI is InChI=1S/C23H25N3OS/c1-25-22-11-17(6-7-19(22)12-24-25)21-8-9-28-23(21)18-5-3-4-16(10-18)13-26-14-20(15-26)27-2/h3-7,10-12,20H,8-9,13-15H2,1-2H3. The molecule has 0 bridgehead atoms. The van der Waals surface area contributed by atoms with Crippen molar-refractivity contribution < 1.29 is 4.74 Å². The van der Waals surface area contributed by atoms with E-state index in [0.29, 0.717) is 6.10 Å². The van der Waals surface area contributed by atoms with Crippen LogP contribution in [0.15, 0.2) is 48.7 Å². The maximum atomic E-state index is 5.40. The number of allylic oxidation sites excluding steroid dienone is 1. The number of hydrogen-bond acceptors (Lipinski definition) is 4. The van der Waals surface area contributed by atoms with Gasteiger partial charge in [0.1, 0.15) is 0 Å². The fraction of sp³-hybridized carbons (Fsp3) is 0.348. The molecule has 5 rings (SSSR count). The van der Waals surface area contributed by atoms with E-state index >= 15 is 0 Å². The largest absolute Gasteiger partial charge is 0.379 e. The molecule has 0 aliphatic carbocycles. The van der Waals surface area contributed by atoms with Gasteiger partial charge in [0.2, 0.25) is 0 Å². The monoisotopic (exact) mass is 391 g/mol. The maximum Gasteiger partial charge on any atom is 0.0825 e. The number of aromatic nitrogens is 2. The van der Waals surface area contributed by atoms with Gasteiger partial charge in [-0.15, -0.1) is 11.8 Å². The Morgan fingerprint density at radius 1 is 1.14 bits per heavy atom. The highest BCUT2D eigenvalue weighted by Crippen LogP contribution is 2.44. The number of hydrogen-bond donors (Lipinski definition) is 0. The number of likely N-dealkylation sites (tertiary alicyclic amines) is 1. The van der Waals surface area contributed by atoms with E-state index in [2.05, 4.69) is 52.5 Å². The molecule has 1 aromatic heterocycles. The lowest BCUT2D eigenvalue weighted by atomic mass is 9.98. The fourth-order valence-corrected chi connectivity index (χ4v) is 5.39. The molecule has 28 heavy (non-hydrogen) atoms. The molecule has 0 radical (unpaired) electrons. The molecule has 144 valence electrons. The van der Waals surface area contributed by atoms with Crippen molar-refractivity contribution in [3.05, 3.63) is 65.4 Å². The average molecular weight is 392 g/mol. The van der Waals surface area contributed by atoms with Crippen molar-refractivity contribution in [1.82, 2.24) is 14.7 Å². The van der Waals surface area contributed by atoms with Crippen LogP contribution in [0.25, 0.3) is 21.4 Å². The van der Waals surface area contributed by atoms with Gasteiger partial charge < -0.3 is 4.74 Å². The zero-order chi connectivity index (χ0) is 19.1. The lowest BCUT2D eigenvalue weighted by Crippen LogP contribution is -2.50. The summed E-state index contributed by atoms with van der Waals surface area (Å²) in [5.41, 5.74) is 6.72. The van der Waals surface area contributed by atoms with Gasteiger partial charge in [-0.05, 0) is 40.8 Å². The highest BCUT2D eigenvalue weighted by molar-refractivity contribution is 8.08. The number of benzene rings is 2. The summed E-state index contributed by atoms with van der Waals surface area (Å²) in [5, 5.41) is 5.59. The van der Waals surface area contributed by atoms with E-state index in [1.54, 1.807) is 7.11 Å². The molecule has 2 aliphatic rings. The molecule has 5 heteroatoms. The number of nitrogens with zero attached hydrogens (tertiary/aromatic N) is 3. The smallest absolute Gasteiger partial charge is 0.0825 e. The molecule has 0 N–H and O–H groups in total. The van der Waals surface area contributed by atoms with E-state index in [1.807, 2.05) is 29.7 Å². The van der Waals surface area contributed by atoms with Gasteiger partial charge in [-0.1, -0.05) is 30.3 Å². The summed E-state index contributed by atoms with van der Waals surface area (Å²) in [6.45, 7) is 3.07. The predicted octanol–water partition coefficient (Wildman–Crippen LogP) is 4.41. The third kappa shape index (κ3) is 3.28. The maximum absolute atomic E-state index is 5.40. The van der Waals surface area contributed by atoms with Crippen molar-refractivity contribution in [3.63, 3.8) is 0 Å². The molecule has 2 aromatic carbocycles. The Morgan fingerprint density at radius 2 is 2.04 bits per heavy atom. The molecular formula is C23H25N3OS. The molecular weight excluding hydrogens is 366 g/mol. The van der Waals surface area contributed by atoms with Crippen LogP contribution in [0.4, 0.5) is 0 Å². The van der Waals surface area contributed by atoms with Gasteiger partial charge in [-0.3, -0.25) is 9.58 Å². The molecule has 0 saturated carbocycles. The minimum Gasteiger partial charge on any atom is -0.379 e. The summed E-state index contributed by atoms with van der Waals surface area (Å²) >= 11 is 1.98. The minimum atomic E-state index is 0.407. The number of methoxy groups -OCH3 is 1. The Balaban J connectivity index is 1.45. The molecule has 1 fully saturated rings. The first-order chi connectivity index (χ1) is 13.7.